The zero-order valence-corrected chi connectivity index (χ0v) is 11.0. The highest BCUT2D eigenvalue weighted by molar-refractivity contribution is 5.81. The Balaban J connectivity index is 2.62. The Morgan fingerprint density at radius 3 is 2.71 bits per heavy atom. The summed E-state index contributed by atoms with van der Waals surface area (Å²) in [6.45, 7) is 8.20. The van der Waals surface area contributed by atoms with Crippen LogP contribution >= 0.6 is 0 Å². The number of amides is 1. The van der Waals surface area contributed by atoms with Crippen molar-refractivity contribution < 1.29 is 4.79 Å². The summed E-state index contributed by atoms with van der Waals surface area (Å²) in [5.41, 5.74) is 2.33. The van der Waals surface area contributed by atoms with Crippen molar-refractivity contribution in [3.05, 3.63) is 29.8 Å². The maximum atomic E-state index is 11.7. The molecule has 3 nitrogen and oxygen atoms in total. The van der Waals surface area contributed by atoms with Gasteiger partial charge in [0.15, 0.2) is 0 Å². The van der Waals surface area contributed by atoms with Gasteiger partial charge in [0.2, 0.25) is 5.91 Å². The van der Waals surface area contributed by atoms with Crippen LogP contribution in [0.25, 0.3) is 0 Å². The number of carbonyl (C=O) groups is 1. The van der Waals surface area contributed by atoms with Gasteiger partial charge in [0.25, 0.3) is 0 Å². The lowest BCUT2D eigenvalue weighted by atomic mass is 10.2. The van der Waals surface area contributed by atoms with Gasteiger partial charge >= 0.3 is 0 Å². The van der Waals surface area contributed by atoms with Gasteiger partial charge in [0.05, 0.1) is 6.54 Å². The molecule has 0 atom stereocenters. The molecule has 0 spiro atoms. The molecule has 1 amide bonds. The Morgan fingerprint density at radius 1 is 1.35 bits per heavy atom. The summed E-state index contributed by atoms with van der Waals surface area (Å²) in [5, 5.41) is 2.90. The van der Waals surface area contributed by atoms with E-state index in [2.05, 4.69) is 43.1 Å². The number of hydrogen-bond donors (Lipinski definition) is 1. The molecule has 0 aliphatic rings. The van der Waals surface area contributed by atoms with Gasteiger partial charge in [0.1, 0.15) is 0 Å². The summed E-state index contributed by atoms with van der Waals surface area (Å²) >= 11 is 0. The van der Waals surface area contributed by atoms with E-state index in [9.17, 15) is 4.79 Å². The van der Waals surface area contributed by atoms with Crippen molar-refractivity contribution >= 4 is 11.6 Å². The van der Waals surface area contributed by atoms with Crippen molar-refractivity contribution in [2.45, 2.75) is 27.2 Å². The van der Waals surface area contributed by atoms with E-state index >= 15 is 0 Å². The number of rotatable bonds is 6. The third-order valence-electron chi connectivity index (χ3n) is 2.66. The lowest BCUT2D eigenvalue weighted by Gasteiger charge is -2.22. The second-order valence-electron chi connectivity index (χ2n) is 4.20. The van der Waals surface area contributed by atoms with Gasteiger partial charge in [-0.3, -0.25) is 4.79 Å². The molecule has 0 bridgehead atoms. The molecule has 0 fully saturated rings. The fraction of sp³-hybridized carbons (Fsp3) is 0.500. The maximum Gasteiger partial charge on any atom is 0.239 e. The van der Waals surface area contributed by atoms with Crippen molar-refractivity contribution in [2.24, 2.45) is 0 Å². The molecule has 0 aromatic heterocycles. The van der Waals surface area contributed by atoms with Crippen LogP contribution in [0.15, 0.2) is 24.3 Å². The van der Waals surface area contributed by atoms with Crippen LogP contribution < -0.4 is 10.2 Å². The van der Waals surface area contributed by atoms with Crippen molar-refractivity contribution in [2.75, 3.05) is 24.5 Å². The topological polar surface area (TPSA) is 32.3 Å². The second-order valence-corrected chi connectivity index (χ2v) is 4.20. The van der Waals surface area contributed by atoms with Gasteiger partial charge in [-0.05, 0) is 38.0 Å². The van der Waals surface area contributed by atoms with Crippen LogP contribution in [0.4, 0.5) is 5.69 Å². The number of likely N-dealkylation sites (N-methyl/N-ethyl adjacent to an activating group) is 1. The van der Waals surface area contributed by atoms with E-state index in [0.717, 1.165) is 25.2 Å². The first-order valence-electron chi connectivity index (χ1n) is 6.25. The molecule has 0 aliphatic carbocycles. The third-order valence-corrected chi connectivity index (χ3v) is 2.66. The van der Waals surface area contributed by atoms with Gasteiger partial charge in [-0.15, -0.1) is 0 Å². The minimum atomic E-state index is 0.0928. The van der Waals surface area contributed by atoms with Crippen molar-refractivity contribution in [1.82, 2.24) is 5.32 Å². The van der Waals surface area contributed by atoms with E-state index in [0.29, 0.717) is 6.54 Å². The molecule has 0 heterocycles. The van der Waals surface area contributed by atoms with E-state index in [1.165, 1.54) is 5.56 Å². The van der Waals surface area contributed by atoms with E-state index in [-0.39, 0.29) is 5.91 Å². The third kappa shape index (κ3) is 4.47. The van der Waals surface area contributed by atoms with Crippen molar-refractivity contribution in [3.8, 4) is 0 Å². The largest absolute Gasteiger partial charge is 0.362 e. The lowest BCUT2D eigenvalue weighted by molar-refractivity contribution is -0.119. The van der Waals surface area contributed by atoms with E-state index in [1.54, 1.807) is 0 Å². The molecular formula is C14H22N2O. The Morgan fingerprint density at radius 2 is 2.12 bits per heavy atom. The van der Waals surface area contributed by atoms with Crippen molar-refractivity contribution in [3.63, 3.8) is 0 Å². The van der Waals surface area contributed by atoms with E-state index < -0.39 is 0 Å². The number of nitrogens with one attached hydrogen (secondary N) is 1. The first-order chi connectivity index (χ1) is 8.17. The smallest absolute Gasteiger partial charge is 0.239 e. The quantitative estimate of drug-likeness (QED) is 0.819. The number of hydrogen-bond acceptors (Lipinski definition) is 2. The molecule has 3 heteroatoms. The molecular weight excluding hydrogens is 212 g/mol. The summed E-state index contributed by atoms with van der Waals surface area (Å²) in [5.74, 6) is 0.0928. The first kappa shape index (κ1) is 13.6. The molecule has 94 valence electrons. The second kappa shape index (κ2) is 6.94. The van der Waals surface area contributed by atoms with Crippen LogP contribution in [0.3, 0.4) is 0 Å². The SMILES string of the molecule is CCCNC(=O)CN(CC)c1cccc(C)c1. The normalized spacial score (nSPS) is 10.1. The number of nitrogens with zero attached hydrogens (tertiary/aromatic N) is 1. The molecule has 0 saturated heterocycles. The summed E-state index contributed by atoms with van der Waals surface area (Å²) in [6.07, 6.45) is 0.975. The summed E-state index contributed by atoms with van der Waals surface area (Å²) in [4.78, 5) is 13.8. The minimum Gasteiger partial charge on any atom is -0.362 e. The van der Waals surface area contributed by atoms with Crippen LogP contribution in [0.1, 0.15) is 25.8 Å². The van der Waals surface area contributed by atoms with Crippen LogP contribution in [-0.2, 0) is 4.79 Å². The van der Waals surface area contributed by atoms with Crippen LogP contribution in [0, 0.1) is 6.92 Å². The summed E-state index contributed by atoms with van der Waals surface area (Å²) in [7, 11) is 0. The molecule has 17 heavy (non-hydrogen) atoms. The highest BCUT2D eigenvalue weighted by atomic mass is 16.2. The van der Waals surface area contributed by atoms with E-state index in [4.69, 9.17) is 0 Å². The fourth-order valence-corrected chi connectivity index (χ4v) is 1.70. The van der Waals surface area contributed by atoms with Crippen LogP contribution in [0.2, 0.25) is 0 Å². The summed E-state index contributed by atoms with van der Waals surface area (Å²) in [6, 6.07) is 8.24. The predicted molar refractivity (Wildman–Crippen MR) is 72.4 cm³/mol. The Kier molecular flexibility index (Phi) is 5.53. The molecule has 1 N–H and O–H groups in total. The lowest BCUT2D eigenvalue weighted by Crippen LogP contribution is -2.37. The van der Waals surface area contributed by atoms with Gasteiger partial charge in [0, 0.05) is 18.8 Å². The van der Waals surface area contributed by atoms with Gasteiger partial charge in [-0.2, -0.15) is 0 Å². The monoisotopic (exact) mass is 234 g/mol. The highest BCUT2D eigenvalue weighted by Crippen LogP contribution is 2.15. The number of benzene rings is 1. The Bertz CT molecular complexity index is 363. The summed E-state index contributed by atoms with van der Waals surface area (Å²) < 4.78 is 0. The zero-order valence-electron chi connectivity index (χ0n) is 11.0. The first-order valence-corrected chi connectivity index (χ1v) is 6.25. The molecule has 1 aromatic carbocycles. The molecule has 0 saturated carbocycles. The molecule has 0 radical (unpaired) electrons. The molecule has 1 aromatic rings. The Labute approximate surface area is 104 Å². The molecule has 1 rings (SSSR count). The maximum absolute atomic E-state index is 11.7. The van der Waals surface area contributed by atoms with Crippen LogP contribution in [-0.4, -0.2) is 25.5 Å². The van der Waals surface area contributed by atoms with Crippen LogP contribution in [0.5, 0.6) is 0 Å². The number of carbonyl (C=O) groups excluding carboxylic acids is 1. The van der Waals surface area contributed by atoms with Gasteiger partial charge in [-0.1, -0.05) is 19.1 Å². The fourth-order valence-electron chi connectivity index (χ4n) is 1.70. The predicted octanol–water partition coefficient (Wildman–Crippen LogP) is 2.35. The Hall–Kier alpha value is -1.51. The standard InChI is InChI=1S/C14H22N2O/c1-4-9-15-14(17)11-16(5-2)13-8-6-7-12(3)10-13/h6-8,10H,4-5,9,11H2,1-3H3,(H,15,17). The average Bonchev–Trinajstić information content (AvgIpc) is 2.33. The minimum absolute atomic E-state index is 0.0928. The van der Waals surface area contributed by atoms with Crippen molar-refractivity contribution in [1.29, 1.82) is 0 Å². The number of aryl methyl sites for hydroxylation is 1. The number of anilines is 1. The zero-order chi connectivity index (χ0) is 12.7. The average molecular weight is 234 g/mol. The van der Waals surface area contributed by atoms with Gasteiger partial charge in [-0.25, -0.2) is 0 Å². The molecule has 0 unspecified atom stereocenters. The van der Waals surface area contributed by atoms with Gasteiger partial charge < -0.3 is 10.2 Å². The highest BCUT2D eigenvalue weighted by Gasteiger charge is 2.09. The molecule has 0 aliphatic heterocycles. The van der Waals surface area contributed by atoms with E-state index in [1.807, 2.05) is 12.1 Å².